The molecular formula is C15H16N2O2. The largest absolute Gasteiger partial charge is 0.497 e. The van der Waals surface area contributed by atoms with E-state index in [9.17, 15) is 0 Å². The molecule has 2 heterocycles. The molecule has 0 spiro atoms. The number of hydrogen-bond donors (Lipinski definition) is 0. The smallest absolute Gasteiger partial charge is 0.121 e. The number of methoxy groups -OCH3 is 1. The lowest BCUT2D eigenvalue weighted by Gasteiger charge is -2.01. The molecule has 0 atom stereocenters. The van der Waals surface area contributed by atoms with Crippen molar-refractivity contribution in [3.8, 4) is 5.75 Å². The second-order valence-corrected chi connectivity index (χ2v) is 4.52. The summed E-state index contributed by atoms with van der Waals surface area (Å²) in [6, 6.07) is 9.87. The molecule has 0 radical (unpaired) electrons. The van der Waals surface area contributed by atoms with E-state index in [2.05, 4.69) is 9.55 Å². The average molecular weight is 256 g/mol. The fraction of sp³-hybridized carbons (Fsp3) is 0.267. The minimum absolute atomic E-state index is 0.836. The number of imidazole rings is 1. The van der Waals surface area contributed by atoms with Crippen LogP contribution in [0.1, 0.15) is 11.6 Å². The Morgan fingerprint density at radius 2 is 2.16 bits per heavy atom. The fourth-order valence-corrected chi connectivity index (χ4v) is 2.27. The van der Waals surface area contributed by atoms with Gasteiger partial charge in [0.15, 0.2) is 0 Å². The minimum atomic E-state index is 0.836. The highest BCUT2D eigenvalue weighted by Crippen LogP contribution is 2.21. The highest BCUT2D eigenvalue weighted by molar-refractivity contribution is 5.77. The Hall–Kier alpha value is -2.23. The van der Waals surface area contributed by atoms with E-state index in [1.54, 1.807) is 13.4 Å². The Kier molecular flexibility index (Phi) is 2.99. The third kappa shape index (κ3) is 2.21. The van der Waals surface area contributed by atoms with Crippen LogP contribution in [0.2, 0.25) is 0 Å². The molecule has 2 aromatic heterocycles. The summed E-state index contributed by atoms with van der Waals surface area (Å²) in [6.07, 6.45) is 3.43. The zero-order valence-corrected chi connectivity index (χ0v) is 11.1. The van der Waals surface area contributed by atoms with Crippen LogP contribution in [0.15, 0.2) is 41.0 Å². The first kappa shape index (κ1) is 11.8. The molecule has 0 aliphatic carbocycles. The molecule has 0 unspecified atom stereocenters. The number of aryl methyl sites for hydroxylation is 3. The average Bonchev–Trinajstić information content (AvgIpc) is 3.04. The Balaban J connectivity index is 1.89. The number of benzene rings is 1. The van der Waals surface area contributed by atoms with E-state index >= 15 is 0 Å². The van der Waals surface area contributed by atoms with E-state index in [0.29, 0.717) is 0 Å². The number of nitrogens with zero attached hydrogens (tertiary/aromatic N) is 2. The molecule has 0 aliphatic rings. The van der Waals surface area contributed by atoms with Crippen molar-refractivity contribution in [2.24, 2.45) is 7.05 Å². The van der Waals surface area contributed by atoms with Gasteiger partial charge < -0.3 is 13.7 Å². The maximum absolute atomic E-state index is 5.35. The predicted octanol–water partition coefficient (Wildman–Crippen LogP) is 2.96. The molecule has 4 heteroatoms. The lowest BCUT2D eigenvalue weighted by atomic mass is 10.2. The van der Waals surface area contributed by atoms with Gasteiger partial charge in [-0.15, -0.1) is 0 Å². The molecule has 0 saturated heterocycles. The van der Waals surface area contributed by atoms with Crippen LogP contribution in [-0.2, 0) is 19.9 Å². The minimum Gasteiger partial charge on any atom is -0.497 e. The van der Waals surface area contributed by atoms with Gasteiger partial charge in [0.1, 0.15) is 17.3 Å². The van der Waals surface area contributed by atoms with Crippen molar-refractivity contribution >= 4 is 11.0 Å². The van der Waals surface area contributed by atoms with Crippen molar-refractivity contribution in [2.45, 2.75) is 12.8 Å². The molecule has 1 aromatic carbocycles. The van der Waals surface area contributed by atoms with Crippen LogP contribution >= 0.6 is 0 Å². The molecular weight excluding hydrogens is 240 g/mol. The summed E-state index contributed by atoms with van der Waals surface area (Å²) in [7, 11) is 3.71. The van der Waals surface area contributed by atoms with Gasteiger partial charge in [0.2, 0.25) is 0 Å². The molecule has 3 aromatic rings. The number of rotatable bonds is 4. The lowest BCUT2D eigenvalue weighted by Crippen LogP contribution is -1.99. The molecule has 0 fully saturated rings. The van der Waals surface area contributed by atoms with Gasteiger partial charge in [0.05, 0.1) is 24.4 Å². The highest BCUT2D eigenvalue weighted by atomic mass is 16.5. The van der Waals surface area contributed by atoms with Gasteiger partial charge in [-0.3, -0.25) is 0 Å². The van der Waals surface area contributed by atoms with Crippen molar-refractivity contribution in [3.63, 3.8) is 0 Å². The highest BCUT2D eigenvalue weighted by Gasteiger charge is 2.09. The normalized spacial score (nSPS) is 11.1. The van der Waals surface area contributed by atoms with Gasteiger partial charge in [0.25, 0.3) is 0 Å². The van der Waals surface area contributed by atoms with Gasteiger partial charge in [-0.2, -0.15) is 0 Å². The summed E-state index contributed by atoms with van der Waals surface area (Å²) < 4.78 is 12.7. The van der Waals surface area contributed by atoms with Crippen molar-refractivity contribution < 1.29 is 9.15 Å². The quantitative estimate of drug-likeness (QED) is 0.720. The molecule has 0 bridgehead atoms. The van der Waals surface area contributed by atoms with E-state index in [1.165, 1.54) is 0 Å². The number of furan rings is 1. The number of hydrogen-bond acceptors (Lipinski definition) is 3. The van der Waals surface area contributed by atoms with Crippen LogP contribution in [0.25, 0.3) is 11.0 Å². The molecule has 0 amide bonds. The first-order valence-electron chi connectivity index (χ1n) is 6.29. The Bertz CT molecular complexity index is 684. The van der Waals surface area contributed by atoms with E-state index in [-0.39, 0.29) is 0 Å². The van der Waals surface area contributed by atoms with Gasteiger partial charge in [-0.05, 0) is 24.3 Å². The van der Waals surface area contributed by atoms with Gasteiger partial charge in [-0.25, -0.2) is 4.98 Å². The first-order valence-corrected chi connectivity index (χ1v) is 6.29. The van der Waals surface area contributed by atoms with E-state index < -0.39 is 0 Å². The molecule has 98 valence electrons. The molecule has 0 N–H and O–H groups in total. The topological polar surface area (TPSA) is 40.2 Å². The standard InChI is InChI=1S/C15H16N2O2/c1-17-14-7-5-12(18-2)10-13(14)16-15(17)8-6-11-4-3-9-19-11/h3-5,7,9-10H,6,8H2,1-2H3. The van der Waals surface area contributed by atoms with Gasteiger partial charge in [0, 0.05) is 26.0 Å². The second-order valence-electron chi connectivity index (χ2n) is 4.52. The summed E-state index contributed by atoms with van der Waals surface area (Å²) >= 11 is 0. The maximum Gasteiger partial charge on any atom is 0.121 e. The third-order valence-electron chi connectivity index (χ3n) is 3.36. The fourth-order valence-electron chi connectivity index (χ4n) is 2.27. The monoisotopic (exact) mass is 256 g/mol. The van der Waals surface area contributed by atoms with Crippen molar-refractivity contribution in [1.82, 2.24) is 9.55 Å². The third-order valence-corrected chi connectivity index (χ3v) is 3.36. The predicted molar refractivity (Wildman–Crippen MR) is 73.4 cm³/mol. The van der Waals surface area contributed by atoms with Crippen molar-refractivity contribution in [1.29, 1.82) is 0 Å². The summed E-state index contributed by atoms with van der Waals surface area (Å²) in [5.41, 5.74) is 2.09. The summed E-state index contributed by atoms with van der Waals surface area (Å²) in [5.74, 6) is 2.88. The van der Waals surface area contributed by atoms with Crippen LogP contribution < -0.4 is 4.74 Å². The van der Waals surface area contributed by atoms with Crippen LogP contribution in [0, 0.1) is 0 Å². The maximum atomic E-state index is 5.35. The van der Waals surface area contributed by atoms with Crippen LogP contribution in [-0.4, -0.2) is 16.7 Å². The Labute approximate surface area is 111 Å². The lowest BCUT2D eigenvalue weighted by molar-refractivity contribution is 0.415. The molecule has 19 heavy (non-hydrogen) atoms. The number of aromatic nitrogens is 2. The number of ether oxygens (including phenoxy) is 1. The first-order chi connectivity index (χ1) is 9.28. The van der Waals surface area contributed by atoms with Crippen LogP contribution in [0.5, 0.6) is 5.75 Å². The zero-order valence-electron chi connectivity index (χ0n) is 11.1. The van der Waals surface area contributed by atoms with Gasteiger partial charge >= 0.3 is 0 Å². The van der Waals surface area contributed by atoms with E-state index in [1.807, 2.05) is 37.4 Å². The van der Waals surface area contributed by atoms with Crippen molar-refractivity contribution in [3.05, 3.63) is 48.2 Å². The molecule has 0 aliphatic heterocycles. The summed E-state index contributed by atoms with van der Waals surface area (Å²) in [6.45, 7) is 0. The van der Waals surface area contributed by atoms with Crippen molar-refractivity contribution in [2.75, 3.05) is 7.11 Å². The van der Waals surface area contributed by atoms with Gasteiger partial charge in [-0.1, -0.05) is 0 Å². The Morgan fingerprint density at radius 1 is 1.26 bits per heavy atom. The summed E-state index contributed by atoms with van der Waals surface area (Å²) in [4.78, 5) is 4.66. The van der Waals surface area contributed by atoms with Crippen LogP contribution in [0.4, 0.5) is 0 Å². The van der Waals surface area contributed by atoms with Crippen LogP contribution in [0.3, 0.4) is 0 Å². The number of fused-ring (bicyclic) bond motifs is 1. The van der Waals surface area contributed by atoms with E-state index in [4.69, 9.17) is 9.15 Å². The SMILES string of the molecule is COc1ccc2c(c1)nc(CCc1ccco1)n2C. The molecule has 4 nitrogen and oxygen atoms in total. The molecule has 3 rings (SSSR count). The summed E-state index contributed by atoms with van der Waals surface area (Å²) in [5, 5.41) is 0. The Morgan fingerprint density at radius 3 is 2.89 bits per heavy atom. The molecule has 0 saturated carbocycles. The zero-order chi connectivity index (χ0) is 13.2. The van der Waals surface area contributed by atoms with E-state index in [0.717, 1.165) is 41.2 Å². The second kappa shape index (κ2) is 4.80.